The van der Waals surface area contributed by atoms with Crippen molar-refractivity contribution in [1.29, 1.82) is 0 Å². The van der Waals surface area contributed by atoms with E-state index in [0.29, 0.717) is 22.4 Å². The van der Waals surface area contributed by atoms with Gasteiger partial charge in [-0.1, -0.05) is 12.1 Å². The van der Waals surface area contributed by atoms with Gasteiger partial charge in [-0.05, 0) is 36.4 Å². The molecule has 3 heterocycles. The number of hydrogen-bond donors (Lipinski definition) is 0. The Morgan fingerprint density at radius 2 is 1.38 bits per heavy atom. The molecule has 120 valence electrons. The van der Waals surface area contributed by atoms with Gasteiger partial charge in [0.25, 0.3) is 5.56 Å². The van der Waals surface area contributed by atoms with Crippen LogP contribution in [0.15, 0.2) is 79.5 Å². The minimum Gasteiger partial charge on any atom is -0.467 e. The lowest BCUT2D eigenvalue weighted by Gasteiger charge is -2.12. The van der Waals surface area contributed by atoms with Gasteiger partial charge < -0.3 is 8.83 Å². The minimum atomic E-state index is -0.397. The summed E-state index contributed by atoms with van der Waals surface area (Å²) in [5, 5.41) is 0.482. The average Bonchev–Trinajstić information content (AvgIpc) is 3.29. The molecule has 4 rings (SSSR count). The number of nitrogens with zero attached hydrogens (tertiary/aromatic N) is 2. The van der Waals surface area contributed by atoms with Crippen molar-refractivity contribution in [3.63, 3.8) is 0 Å². The highest BCUT2D eigenvalue weighted by Gasteiger charge is 2.14. The zero-order chi connectivity index (χ0) is 16.5. The van der Waals surface area contributed by atoms with Crippen molar-refractivity contribution < 1.29 is 8.83 Å². The fourth-order valence-corrected chi connectivity index (χ4v) is 2.78. The average molecular weight is 322 g/mol. The number of furan rings is 2. The topological polar surface area (TPSA) is 70.3 Å². The first-order valence-corrected chi connectivity index (χ1v) is 7.51. The molecule has 0 radical (unpaired) electrons. The highest BCUT2D eigenvalue weighted by Crippen LogP contribution is 2.11. The van der Waals surface area contributed by atoms with E-state index >= 15 is 0 Å². The summed E-state index contributed by atoms with van der Waals surface area (Å²) in [7, 11) is 0. The maximum Gasteiger partial charge on any atom is 0.332 e. The summed E-state index contributed by atoms with van der Waals surface area (Å²) in [4.78, 5) is 25.6. The van der Waals surface area contributed by atoms with Gasteiger partial charge in [-0.3, -0.25) is 13.9 Å². The monoisotopic (exact) mass is 322 g/mol. The predicted octanol–water partition coefficient (Wildman–Crippen LogP) is 2.45. The first-order chi connectivity index (χ1) is 11.7. The van der Waals surface area contributed by atoms with E-state index in [4.69, 9.17) is 8.83 Å². The zero-order valence-corrected chi connectivity index (χ0v) is 12.7. The van der Waals surface area contributed by atoms with Gasteiger partial charge in [0.1, 0.15) is 11.5 Å². The van der Waals surface area contributed by atoms with Crippen LogP contribution < -0.4 is 11.2 Å². The number of rotatable bonds is 4. The Morgan fingerprint density at radius 1 is 0.750 bits per heavy atom. The summed E-state index contributed by atoms with van der Waals surface area (Å²) in [6.45, 7) is 0.346. The highest BCUT2D eigenvalue weighted by atomic mass is 16.3. The van der Waals surface area contributed by atoms with E-state index in [1.165, 1.54) is 10.8 Å². The first-order valence-electron chi connectivity index (χ1n) is 7.51. The van der Waals surface area contributed by atoms with Gasteiger partial charge in [-0.25, -0.2) is 4.79 Å². The highest BCUT2D eigenvalue weighted by molar-refractivity contribution is 5.77. The largest absolute Gasteiger partial charge is 0.467 e. The number of hydrogen-bond acceptors (Lipinski definition) is 4. The lowest BCUT2D eigenvalue weighted by molar-refractivity contribution is 0.466. The van der Waals surface area contributed by atoms with E-state index in [0.717, 1.165) is 0 Å². The second kappa shape index (κ2) is 5.73. The van der Waals surface area contributed by atoms with Crippen LogP contribution in [0.4, 0.5) is 0 Å². The Labute approximate surface area is 136 Å². The summed E-state index contributed by atoms with van der Waals surface area (Å²) >= 11 is 0. The molecule has 4 aromatic rings. The van der Waals surface area contributed by atoms with Gasteiger partial charge in [0.2, 0.25) is 0 Å². The Balaban J connectivity index is 1.96. The summed E-state index contributed by atoms with van der Waals surface area (Å²) < 4.78 is 13.4. The molecule has 0 atom stereocenters. The van der Waals surface area contributed by atoms with Crippen LogP contribution in [0.2, 0.25) is 0 Å². The standard InChI is InChI=1S/C18H14N2O4/c21-17-15-7-1-2-8-16(15)19(11-13-5-3-9-23-13)18(22)20(17)12-14-6-4-10-24-14/h1-10H,11-12H2. The molecule has 0 bridgehead atoms. The van der Waals surface area contributed by atoms with Crippen molar-refractivity contribution in [2.45, 2.75) is 13.1 Å². The fraction of sp³-hybridized carbons (Fsp3) is 0.111. The third kappa shape index (κ3) is 2.38. The molecule has 0 aliphatic heterocycles. The molecule has 6 heteroatoms. The van der Waals surface area contributed by atoms with E-state index in [1.54, 1.807) is 59.4 Å². The van der Waals surface area contributed by atoms with Gasteiger partial charge >= 0.3 is 5.69 Å². The molecular weight excluding hydrogens is 308 g/mol. The van der Waals surface area contributed by atoms with Crippen molar-refractivity contribution in [3.05, 3.63) is 93.4 Å². The molecule has 1 aromatic carbocycles. The molecule has 24 heavy (non-hydrogen) atoms. The summed E-state index contributed by atoms with van der Waals surface area (Å²) in [6, 6.07) is 14.1. The van der Waals surface area contributed by atoms with Crippen LogP contribution in [0.3, 0.4) is 0 Å². The molecule has 0 aliphatic carbocycles. The molecule has 6 nitrogen and oxygen atoms in total. The van der Waals surface area contributed by atoms with E-state index in [1.807, 2.05) is 0 Å². The molecule has 0 spiro atoms. The molecule has 0 fully saturated rings. The van der Waals surface area contributed by atoms with Gasteiger partial charge in [-0.2, -0.15) is 0 Å². The molecule has 3 aromatic heterocycles. The first kappa shape index (κ1) is 14.3. The molecule has 0 amide bonds. The summed E-state index contributed by atoms with van der Waals surface area (Å²) in [5.41, 5.74) is -0.145. The van der Waals surface area contributed by atoms with Crippen molar-refractivity contribution >= 4 is 10.9 Å². The summed E-state index contributed by atoms with van der Waals surface area (Å²) in [6.07, 6.45) is 3.07. The maximum atomic E-state index is 12.9. The van der Waals surface area contributed by atoms with E-state index in [2.05, 4.69) is 0 Å². The molecule has 0 saturated carbocycles. The fourth-order valence-electron chi connectivity index (χ4n) is 2.78. The van der Waals surface area contributed by atoms with E-state index in [9.17, 15) is 9.59 Å². The Bertz CT molecular complexity index is 1090. The van der Waals surface area contributed by atoms with Crippen LogP contribution in [-0.4, -0.2) is 9.13 Å². The third-order valence-corrected chi connectivity index (χ3v) is 3.92. The molecular formula is C18H14N2O4. The van der Waals surface area contributed by atoms with Crippen LogP contribution in [-0.2, 0) is 13.1 Å². The van der Waals surface area contributed by atoms with Gasteiger partial charge in [0.15, 0.2) is 0 Å². The molecule has 0 unspecified atom stereocenters. The van der Waals surface area contributed by atoms with Crippen molar-refractivity contribution in [2.24, 2.45) is 0 Å². The summed E-state index contributed by atoms with van der Waals surface area (Å²) in [5.74, 6) is 1.19. The number of aromatic nitrogens is 2. The van der Waals surface area contributed by atoms with Crippen molar-refractivity contribution in [1.82, 2.24) is 9.13 Å². The van der Waals surface area contributed by atoms with Crippen LogP contribution >= 0.6 is 0 Å². The molecule has 0 aliphatic rings. The maximum absolute atomic E-state index is 12.9. The zero-order valence-electron chi connectivity index (χ0n) is 12.7. The van der Waals surface area contributed by atoms with E-state index < -0.39 is 5.69 Å². The normalized spacial score (nSPS) is 11.2. The smallest absolute Gasteiger partial charge is 0.332 e. The number of fused-ring (bicyclic) bond motifs is 1. The van der Waals surface area contributed by atoms with Crippen LogP contribution in [0, 0.1) is 0 Å². The molecule has 0 N–H and O–H groups in total. The molecule has 0 saturated heterocycles. The van der Waals surface area contributed by atoms with Crippen molar-refractivity contribution in [3.8, 4) is 0 Å². The van der Waals surface area contributed by atoms with Crippen LogP contribution in [0.1, 0.15) is 11.5 Å². The van der Waals surface area contributed by atoms with Gasteiger partial charge in [0.05, 0.1) is 36.5 Å². The second-order valence-corrected chi connectivity index (χ2v) is 5.44. The predicted molar refractivity (Wildman–Crippen MR) is 88.1 cm³/mol. The lowest BCUT2D eigenvalue weighted by atomic mass is 10.2. The number of benzene rings is 1. The van der Waals surface area contributed by atoms with Crippen LogP contribution in [0.25, 0.3) is 10.9 Å². The number of para-hydroxylation sites is 1. The third-order valence-electron chi connectivity index (χ3n) is 3.92. The van der Waals surface area contributed by atoms with E-state index in [-0.39, 0.29) is 18.6 Å². The quantitative estimate of drug-likeness (QED) is 0.578. The SMILES string of the molecule is O=c1c2ccccc2n(Cc2ccco2)c(=O)n1Cc1ccco1. The lowest BCUT2D eigenvalue weighted by Crippen LogP contribution is -2.40. The van der Waals surface area contributed by atoms with Gasteiger partial charge in [-0.15, -0.1) is 0 Å². The van der Waals surface area contributed by atoms with Crippen LogP contribution in [0.5, 0.6) is 0 Å². The Morgan fingerprint density at radius 3 is 2.00 bits per heavy atom. The van der Waals surface area contributed by atoms with Crippen molar-refractivity contribution in [2.75, 3.05) is 0 Å². The van der Waals surface area contributed by atoms with Gasteiger partial charge in [0, 0.05) is 0 Å². The Hall–Kier alpha value is -3.28. The Kier molecular flexibility index (Phi) is 3.42. The minimum absolute atomic E-state index is 0.0909. The second-order valence-electron chi connectivity index (χ2n) is 5.44.